The third kappa shape index (κ3) is 7.57. The van der Waals surface area contributed by atoms with Crippen LogP contribution in [-0.4, -0.2) is 89.8 Å². The van der Waals surface area contributed by atoms with Gasteiger partial charge >= 0.3 is 22.5 Å². The molecule has 3 heterocycles. The fourth-order valence-corrected chi connectivity index (χ4v) is 5.81. The first kappa shape index (κ1) is 32.8. The van der Waals surface area contributed by atoms with Crippen molar-refractivity contribution < 1.29 is 36.1 Å². The molecule has 17 heteroatoms. The molecule has 1 aromatic heterocycles. The van der Waals surface area contributed by atoms with E-state index in [1.807, 2.05) is 13.1 Å². The Balaban J connectivity index is 1.85. The van der Waals surface area contributed by atoms with Gasteiger partial charge in [-0.25, -0.2) is 9.59 Å². The Labute approximate surface area is 242 Å². The summed E-state index contributed by atoms with van der Waals surface area (Å²) in [5.41, 5.74) is 0.419. The number of aryl methyl sites for hydroxylation is 1. The molecule has 0 spiro atoms. The highest BCUT2D eigenvalue weighted by molar-refractivity contribution is 7.80. The number of aromatic nitrogens is 2. The quantitative estimate of drug-likeness (QED) is 0.0877. The van der Waals surface area contributed by atoms with Gasteiger partial charge in [0.05, 0.1) is 18.4 Å². The SMILES string of the molecule is CN(O[Si](C)(C)C(C)(C)C)C(=N)C1c2c(cnn2CCCCNC(=O)OC(C)(C)C)C2CN1C(=O)N2OS(=O)(=O)O. The number of nitrogens with one attached hydrogen (secondary N) is 2. The van der Waals surface area contributed by atoms with Gasteiger partial charge in [-0.3, -0.25) is 19.7 Å². The average molecular weight is 618 g/mol. The molecule has 41 heavy (non-hydrogen) atoms. The molecule has 2 bridgehead atoms. The topological polar surface area (TPSA) is 180 Å². The molecular formula is C24H43N7O8SSi. The lowest BCUT2D eigenvalue weighted by Gasteiger charge is -2.41. The lowest BCUT2D eigenvalue weighted by molar-refractivity contribution is -0.0317. The van der Waals surface area contributed by atoms with Crippen LogP contribution in [0.5, 0.6) is 0 Å². The molecule has 1 aromatic rings. The minimum Gasteiger partial charge on any atom is -0.444 e. The molecule has 2 atom stereocenters. The zero-order valence-electron chi connectivity index (χ0n) is 25.2. The van der Waals surface area contributed by atoms with Gasteiger partial charge in [-0.1, -0.05) is 20.8 Å². The Hall–Kier alpha value is -2.73. The van der Waals surface area contributed by atoms with E-state index < -0.39 is 48.5 Å². The Bertz CT molecular complexity index is 1270. The van der Waals surface area contributed by atoms with Gasteiger partial charge < -0.3 is 19.5 Å². The standard InChI is InChI=1S/C24H43N7O8SSi/c1-23(2,3)37-21(32)26-12-10-11-13-30-18-16(14-27-30)17-15-29(22(33)31(17)38-40(34,35)36)19(18)20(25)28(7)39-41(8,9)24(4,5)6/h14,17,19,25H,10-13,15H2,1-9H3,(H,26,32)(H,34,35,36). The molecule has 3 rings (SSSR count). The number of likely N-dealkylation sites (N-methyl/N-ethyl adjacent to an activating group) is 1. The molecule has 15 nitrogen and oxygen atoms in total. The van der Waals surface area contributed by atoms with Gasteiger partial charge in [-0.2, -0.15) is 18.6 Å². The Morgan fingerprint density at radius 1 is 1.24 bits per heavy atom. The van der Waals surface area contributed by atoms with E-state index in [2.05, 4.69) is 35.5 Å². The Kier molecular flexibility index (Phi) is 9.20. The maximum atomic E-state index is 13.3. The molecule has 2 aliphatic rings. The number of carbonyl (C=O) groups excluding carboxylic acids is 2. The summed E-state index contributed by atoms with van der Waals surface area (Å²) in [5, 5.41) is 18.1. The number of amidine groups is 1. The predicted octanol–water partition coefficient (Wildman–Crippen LogP) is 3.60. The lowest BCUT2D eigenvalue weighted by Crippen LogP contribution is -2.51. The van der Waals surface area contributed by atoms with Crippen molar-refractivity contribution in [1.82, 2.24) is 30.1 Å². The fourth-order valence-electron chi connectivity index (χ4n) is 4.38. The number of ether oxygens (including phenoxy) is 1. The zero-order chi connectivity index (χ0) is 31.1. The van der Waals surface area contributed by atoms with Crippen molar-refractivity contribution in [3.05, 3.63) is 17.5 Å². The maximum Gasteiger partial charge on any atom is 0.418 e. The third-order valence-corrected chi connectivity index (χ3v) is 12.0. The van der Waals surface area contributed by atoms with E-state index in [9.17, 15) is 22.6 Å². The van der Waals surface area contributed by atoms with Crippen molar-refractivity contribution in [1.29, 1.82) is 5.41 Å². The van der Waals surface area contributed by atoms with E-state index in [1.54, 1.807) is 32.5 Å². The van der Waals surface area contributed by atoms with Gasteiger partial charge in [0.25, 0.3) is 0 Å². The number of rotatable bonds is 10. The first-order valence-corrected chi connectivity index (χ1v) is 17.7. The molecule has 0 radical (unpaired) electrons. The highest BCUT2D eigenvalue weighted by Crippen LogP contribution is 2.45. The zero-order valence-corrected chi connectivity index (χ0v) is 27.0. The van der Waals surface area contributed by atoms with Crippen molar-refractivity contribution in [3.8, 4) is 0 Å². The number of nitrogens with zero attached hydrogens (tertiary/aromatic N) is 5. The van der Waals surface area contributed by atoms with E-state index in [-0.39, 0.29) is 17.4 Å². The second-order valence-electron chi connectivity index (χ2n) is 12.8. The smallest absolute Gasteiger partial charge is 0.418 e. The Morgan fingerprint density at radius 2 is 1.88 bits per heavy atom. The highest BCUT2D eigenvalue weighted by atomic mass is 32.3. The molecule has 0 saturated carbocycles. The van der Waals surface area contributed by atoms with Gasteiger partial charge in [-0.15, -0.1) is 4.28 Å². The molecule has 1 saturated heterocycles. The van der Waals surface area contributed by atoms with Crippen molar-refractivity contribution in [2.45, 2.75) is 96.7 Å². The second kappa shape index (κ2) is 11.5. The van der Waals surface area contributed by atoms with Crippen LogP contribution in [0.15, 0.2) is 6.20 Å². The summed E-state index contributed by atoms with van der Waals surface area (Å²) >= 11 is 0. The van der Waals surface area contributed by atoms with E-state index in [0.717, 1.165) is 0 Å². The van der Waals surface area contributed by atoms with Crippen molar-refractivity contribution in [2.24, 2.45) is 0 Å². The summed E-state index contributed by atoms with van der Waals surface area (Å²) in [4.78, 5) is 26.5. The fraction of sp³-hybridized carbons (Fsp3) is 0.750. The van der Waals surface area contributed by atoms with E-state index in [4.69, 9.17) is 14.7 Å². The average Bonchev–Trinajstić information content (AvgIpc) is 3.32. The van der Waals surface area contributed by atoms with Crippen LogP contribution >= 0.6 is 0 Å². The summed E-state index contributed by atoms with van der Waals surface area (Å²) in [6.07, 6.45) is 2.22. The summed E-state index contributed by atoms with van der Waals surface area (Å²) < 4.78 is 50.3. The number of urea groups is 1. The largest absolute Gasteiger partial charge is 0.444 e. The van der Waals surface area contributed by atoms with E-state index >= 15 is 0 Å². The number of carbonyl (C=O) groups is 2. The third-order valence-electron chi connectivity index (χ3n) is 7.34. The minimum absolute atomic E-state index is 0.0217. The van der Waals surface area contributed by atoms with Crippen LogP contribution in [0.3, 0.4) is 0 Å². The number of hydroxylamine groups is 4. The van der Waals surface area contributed by atoms with E-state index in [0.29, 0.717) is 42.3 Å². The molecule has 0 aromatic carbocycles. The summed E-state index contributed by atoms with van der Waals surface area (Å²) in [6, 6.07) is -2.63. The van der Waals surface area contributed by atoms with Crippen LogP contribution in [-0.2, 0) is 30.5 Å². The summed E-state index contributed by atoms with van der Waals surface area (Å²) in [5.74, 6) is -0.0371. The molecule has 3 amide bonds. The van der Waals surface area contributed by atoms with Gasteiger partial charge in [0.15, 0.2) is 0 Å². The predicted molar refractivity (Wildman–Crippen MR) is 152 cm³/mol. The minimum atomic E-state index is -4.99. The number of alkyl carbamates (subject to hydrolysis) is 1. The van der Waals surface area contributed by atoms with Gasteiger partial charge in [0.2, 0.25) is 8.32 Å². The van der Waals surface area contributed by atoms with Crippen molar-refractivity contribution >= 4 is 36.7 Å². The van der Waals surface area contributed by atoms with E-state index in [1.165, 1.54) is 16.2 Å². The molecule has 2 unspecified atom stereocenters. The van der Waals surface area contributed by atoms with Gasteiger partial charge in [0.1, 0.15) is 23.5 Å². The van der Waals surface area contributed by atoms with Crippen molar-refractivity contribution in [2.75, 3.05) is 20.1 Å². The van der Waals surface area contributed by atoms with Crippen LogP contribution < -0.4 is 5.32 Å². The second-order valence-corrected chi connectivity index (χ2v) is 18.5. The van der Waals surface area contributed by atoms with Crippen LogP contribution in [0.1, 0.15) is 77.7 Å². The number of unbranched alkanes of at least 4 members (excludes halogenated alkanes) is 1. The first-order valence-electron chi connectivity index (χ1n) is 13.4. The number of amides is 3. The molecule has 2 aliphatic heterocycles. The van der Waals surface area contributed by atoms with Crippen LogP contribution in [0.4, 0.5) is 9.59 Å². The molecular weight excluding hydrogens is 574 g/mol. The number of fused-ring (bicyclic) bond motifs is 4. The molecule has 3 N–H and O–H groups in total. The lowest BCUT2D eigenvalue weighted by atomic mass is 9.97. The maximum absolute atomic E-state index is 13.3. The number of hydrogen-bond acceptors (Lipinski definition) is 9. The monoisotopic (exact) mass is 617 g/mol. The highest BCUT2D eigenvalue weighted by Gasteiger charge is 2.54. The first-order chi connectivity index (χ1) is 18.6. The summed E-state index contributed by atoms with van der Waals surface area (Å²) in [7, 11) is -5.72. The van der Waals surface area contributed by atoms with Gasteiger partial charge in [-0.05, 0) is 51.7 Å². The molecule has 232 valence electrons. The molecule has 0 aliphatic carbocycles. The van der Waals surface area contributed by atoms with Crippen LogP contribution in [0, 0.1) is 5.41 Å². The Morgan fingerprint density at radius 3 is 2.44 bits per heavy atom. The number of hydrogen-bond donors (Lipinski definition) is 3. The normalized spacial score (nSPS) is 19.3. The van der Waals surface area contributed by atoms with Crippen LogP contribution in [0.25, 0.3) is 0 Å². The van der Waals surface area contributed by atoms with Crippen molar-refractivity contribution in [3.63, 3.8) is 0 Å². The van der Waals surface area contributed by atoms with Crippen LogP contribution in [0.2, 0.25) is 18.1 Å². The molecule has 1 fully saturated rings. The van der Waals surface area contributed by atoms with Gasteiger partial charge in [0, 0.05) is 25.7 Å². The summed E-state index contributed by atoms with van der Waals surface area (Å²) in [6.45, 7) is 16.4.